The van der Waals surface area contributed by atoms with E-state index in [1.54, 1.807) is 25.1 Å². The van der Waals surface area contributed by atoms with Crippen molar-refractivity contribution >= 4 is 21.7 Å². The van der Waals surface area contributed by atoms with Crippen molar-refractivity contribution in [2.75, 3.05) is 0 Å². The number of carbonyl (C=O) groups is 1. The molecule has 0 aliphatic heterocycles. The second kappa shape index (κ2) is 6.35. The Kier molecular flexibility index (Phi) is 4.73. The van der Waals surface area contributed by atoms with Gasteiger partial charge in [-0.1, -0.05) is 28.1 Å². The summed E-state index contributed by atoms with van der Waals surface area (Å²) in [6.07, 6.45) is 0. The molecule has 0 fully saturated rings. The summed E-state index contributed by atoms with van der Waals surface area (Å²) in [6, 6.07) is 9.58. The predicted molar refractivity (Wildman–Crippen MR) is 80.1 cm³/mol. The Balaban J connectivity index is 2.48. The largest absolute Gasteiger partial charge is 0.434 e. The summed E-state index contributed by atoms with van der Waals surface area (Å²) >= 11 is 3.40. The molecule has 0 bridgehead atoms. The maximum atomic E-state index is 12.6. The van der Waals surface area contributed by atoms with Crippen LogP contribution in [0.15, 0.2) is 40.9 Å². The van der Waals surface area contributed by atoms with Crippen LogP contribution in [-0.4, -0.2) is 12.4 Å². The Bertz CT molecular complexity index is 684. The zero-order valence-electron chi connectivity index (χ0n) is 11.5. The van der Waals surface area contributed by atoms with E-state index in [4.69, 9.17) is 0 Å². The second-order valence-electron chi connectivity index (χ2n) is 4.62. The van der Waals surface area contributed by atoms with Crippen LogP contribution in [0.2, 0.25) is 0 Å². The molecule has 2 aromatic carbocycles. The number of carbonyl (C=O) groups excluding carboxylic acids is 1. The summed E-state index contributed by atoms with van der Waals surface area (Å²) in [5.74, 6) is -0.447. The number of hydrogen-bond donors (Lipinski definition) is 0. The lowest BCUT2D eigenvalue weighted by atomic mass is 9.97. The first-order chi connectivity index (χ1) is 9.90. The molecule has 0 saturated heterocycles. The highest BCUT2D eigenvalue weighted by Gasteiger charge is 2.19. The number of benzene rings is 2. The fourth-order valence-corrected chi connectivity index (χ4v) is 2.48. The van der Waals surface area contributed by atoms with E-state index in [1.165, 1.54) is 12.1 Å². The van der Waals surface area contributed by atoms with Gasteiger partial charge >= 0.3 is 6.61 Å². The fourth-order valence-electron chi connectivity index (χ4n) is 2.02. The average Bonchev–Trinajstić information content (AvgIpc) is 2.42. The maximum absolute atomic E-state index is 12.6. The van der Waals surface area contributed by atoms with Crippen molar-refractivity contribution in [2.24, 2.45) is 0 Å². The van der Waals surface area contributed by atoms with Crippen LogP contribution >= 0.6 is 15.9 Å². The van der Waals surface area contributed by atoms with Gasteiger partial charge in [0.1, 0.15) is 5.75 Å². The Hall–Kier alpha value is -1.75. The van der Waals surface area contributed by atoms with Gasteiger partial charge in [0.15, 0.2) is 5.78 Å². The molecule has 0 saturated carbocycles. The summed E-state index contributed by atoms with van der Waals surface area (Å²) in [5.41, 5.74) is 2.27. The molecule has 0 heterocycles. The number of alkyl halides is 2. The quantitative estimate of drug-likeness (QED) is 0.730. The zero-order chi connectivity index (χ0) is 15.6. The summed E-state index contributed by atoms with van der Waals surface area (Å²) in [6.45, 7) is 0.697. The molecule has 0 atom stereocenters. The minimum Gasteiger partial charge on any atom is -0.434 e. The van der Waals surface area contributed by atoms with E-state index in [2.05, 4.69) is 20.7 Å². The predicted octanol–water partition coefficient (Wildman–Crippen LogP) is 4.90. The van der Waals surface area contributed by atoms with Crippen LogP contribution in [-0.2, 0) is 0 Å². The molecule has 0 aliphatic rings. The molecule has 0 unspecified atom stereocenters. The van der Waals surface area contributed by atoms with Gasteiger partial charge in [0, 0.05) is 10.0 Å². The lowest BCUT2D eigenvalue weighted by Crippen LogP contribution is -2.10. The van der Waals surface area contributed by atoms with Gasteiger partial charge in [-0.15, -0.1) is 0 Å². The first-order valence-corrected chi connectivity index (χ1v) is 7.04. The molecule has 0 aromatic heterocycles. The van der Waals surface area contributed by atoms with Gasteiger partial charge in [0.25, 0.3) is 0 Å². The third-order valence-electron chi connectivity index (χ3n) is 3.10. The van der Waals surface area contributed by atoms with Gasteiger partial charge in [0.05, 0.1) is 5.56 Å². The van der Waals surface area contributed by atoms with Crippen molar-refractivity contribution in [1.29, 1.82) is 0 Å². The first-order valence-electron chi connectivity index (χ1n) is 6.25. The van der Waals surface area contributed by atoms with Crippen LogP contribution < -0.4 is 4.74 Å². The van der Waals surface area contributed by atoms with Crippen LogP contribution in [0.5, 0.6) is 5.75 Å². The summed E-state index contributed by atoms with van der Waals surface area (Å²) < 4.78 is 30.2. The normalized spacial score (nSPS) is 10.8. The number of ketones is 1. The molecule has 0 amide bonds. The van der Waals surface area contributed by atoms with E-state index in [-0.39, 0.29) is 17.1 Å². The van der Waals surface area contributed by atoms with Crippen molar-refractivity contribution in [1.82, 2.24) is 0 Å². The van der Waals surface area contributed by atoms with Crippen molar-refractivity contribution < 1.29 is 18.3 Å². The Morgan fingerprint density at radius 3 is 2.43 bits per heavy atom. The number of para-hydroxylation sites is 1. The summed E-state index contributed by atoms with van der Waals surface area (Å²) in [5, 5.41) is 0. The highest BCUT2D eigenvalue weighted by molar-refractivity contribution is 9.10. The number of hydrogen-bond acceptors (Lipinski definition) is 2. The lowest BCUT2D eigenvalue weighted by molar-refractivity contribution is -0.0501. The number of rotatable bonds is 4. The van der Waals surface area contributed by atoms with E-state index >= 15 is 0 Å². The van der Waals surface area contributed by atoms with Crippen LogP contribution in [0, 0.1) is 13.8 Å². The topological polar surface area (TPSA) is 26.3 Å². The van der Waals surface area contributed by atoms with Crippen molar-refractivity contribution in [3.05, 3.63) is 63.1 Å². The number of ether oxygens (including phenoxy) is 1. The molecule has 2 aromatic rings. The lowest BCUT2D eigenvalue weighted by Gasteiger charge is -2.12. The van der Waals surface area contributed by atoms with Gasteiger partial charge < -0.3 is 4.74 Å². The SMILES string of the molecule is Cc1cc(C(=O)c2ccccc2OC(F)F)c(C)cc1Br. The molecule has 0 radical (unpaired) electrons. The zero-order valence-corrected chi connectivity index (χ0v) is 13.1. The van der Waals surface area contributed by atoms with E-state index in [1.807, 2.05) is 13.0 Å². The Labute approximate surface area is 129 Å². The smallest absolute Gasteiger partial charge is 0.387 e. The van der Waals surface area contributed by atoms with Gasteiger partial charge in [0.2, 0.25) is 0 Å². The Morgan fingerprint density at radius 2 is 1.76 bits per heavy atom. The fraction of sp³-hybridized carbons (Fsp3) is 0.188. The van der Waals surface area contributed by atoms with E-state index in [0.717, 1.165) is 15.6 Å². The van der Waals surface area contributed by atoms with Crippen molar-refractivity contribution in [3.8, 4) is 5.75 Å². The standard InChI is InChI=1S/C16H13BrF2O2/c1-9-8-13(17)10(2)7-12(9)15(20)11-5-3-4-6-14(11)21-16(18)19/h3-8,16H,1-2H3. The second-order valence-corrected chi connectivity index (χ2v) is 5.47. The van der Waals surface area contributed by atoms with Crippen LogP contribution in [0.3, 0.4) is 0 Å². The molecule has 110 valence electrons. The average molecular weight is 355 g/mol. The third-order valence-corrected chi connectivity index (χ3v) is 3.95. The van der Waals surface area contributed by atoms with Crippen molar-refractivity contribution in [3.63, 3.8) is 0 Å². The molecule has 2 rings (SSSR count). The highest BCUT2D eigenvalue weighted by Crippen LogP contribution is 2.27. The third kappa shape index (κ3) is 3.47. The van der Waals surface area contributed by atoms with Crippen LogP contribution in [0.4, 0.5) is 8.78 Å². The van der Waals surface area contributed by atoms with Gasteiger partial charge in [-0.05, 0) is 49.2 Å². The molecular formula is C16H13BrF2O2. The van der Waals surface area contributed by atoms with Crippen LogP contribution in [0.25, 0.3) is 0 Å². The minimum atomic E-state index is -2.97. The Morgan fingerprint density at radius 1 is 1.10 bits per heavy atom. The minimum absolute atomic E-state index is 0.113. The maximum Gasteiger partial charge on any atom is 0.387 e. The van der Waals surface area contributed by atoms with Crippen molar-refractivity contribution in [2.45, 2.75) is 20.5 Å². The molecule has 5 heteroatoms. The highest BCUT2D eigenvalue weighted by atomic mass is 79.9. The molecule has 21 heavy (non-hydrogen) atoms. The van der Waals surface area contributed by atoms with Gasteiger partial charge in [-0.3, -0.25) is 4.79 Å². The number of halogens is 3. The monoisotopic (exact) mass is 354 g/mol. The summed E-state index contributed by atoms with van der Waals surface area (Å²) in [7, 11) is 0. The molecule has 0 spiro atoms. The summed E-state index contributed by atoms with van der Waals surface area (Å²) in [4.78, 5) is 12.6. The van der Waals surface area contributed by atoms with Gasteiger partial charge in [-0.25, -0.2) is 0 Å². The molecule has 2 nitrogen and oxygen atoms in total. The molecule has 0 N–H and O–H groups in total. The van der Waals surface area contributed by atoms with E-state index in [0.29, 0.717) is 5.56 Å². The number of aryl methyl sites for hydroxylation is 2. The van der Waals surface area contributed by atoms with E-state index in [9.17, 15) is 13.6 Å². The molecular weight excluding hydrogens is 342 g/mol. The molecule has 0 aliphatic carbocycles. The van der Waals surface area contributed by atoms with Gasteiger partial charge in [-0.2, -0.15) is 8.78 Å². The van der Waals surface area contributed by atoms with Crippen LogP contribution in [0.1, 0.15) is 27.0 Å². The van der Waals surface area contributed by atoms with E-state index < -0.39 is 6.61 Å². The first kappa shape index (κ1) is 15.6.